The number of rotatable bonds is 3. The lowest BCUT2D eigenvalue weighted by Gasteiger charge is -2.27. The molecule has 2 amide bonds. The Bertz CT molecular complexity index is 796. The van der Waals surface area contributed by atoms with Crippen LogP contribution in [0.25, 0.3) is 0 Å². The molecule has 1 unspecified atom stereocenters. The van der Waals surface area contributed by atoms with Gasteiger partial charge in [0.15, 0.2) is 0 Å². The summed E-state index contributed by atoms with van der Waals surface area (Å²) in [4.78, 5) is 24.3. The number of carbonyl (C=O) groups excluding carboxylic acids is 2. The van der Waals surface area contributed by atoms with Gasteiger partial charge in [0.1, 0.15) is 17.5 Å². The molecule has 0 bridgehead atoms. The highest BCUT2D eigenvalue weighted by molar-refractivity contribution is 5.90. The first-order chi connectivity index (χ1) is 12.9. The zero-order chi connectivity index (χ0) is 19.4. The molecule has 0 aliphatic carbocycles. The minimum atomic E-state index is -1.11. The molecular formula is C19H22FN3O4. The van der Waals surface area contributed by atoms with Crippen molar-refractivity contribution in [1.29, 1.82) is 0 Å². The zero-order valence-corrected chi connectivity index (χ0v) is 15.0. The van der Waals surface area contributed by atoms with Crippen LogP contribution in [0.3, 0.4) is 0 Å². The second kappa shape index (κ2) is 7.94. The van der Waals surface area contributed by atoms with Gasteiger partial charge in [0.2, 0.25) is 5.91 Å². The van der Waals surface area contributed by atoms with Crippen LogP contribution >= 0.6 is 0 Å². The van der Waals surface area contributed by atoms with Crippen LogP contribution in [0.1, 0.15) is 25.3 Å². The Morgan fingerprint density at radius 1 is 1.48 bits per heavy atom. The number of benzene rings is 1. The van der Waals surface area contributed by atoms with Crippen LogP contribution in [0.5, 0.6) is 0 Å². The molecule has 2 aliphatic rings. The molecule has 8 heteroatoms. The zero-order valence-electron chi connectivity index (χ0n) is 15.0. The molecule has 27 heavy (non-hydrogen) atoms. The van der Waals surface area contributed by atoms with E-state index in [1.807, 2.05) is 0 Å². The van der Waals surface area contributed by atoms with Crippen molar-refractivity contribution in [3.8, 4) is 11.8 Å². The maximum absolute atomic E-state index is 14.4. The number of hydrogen-bond acceptors (Lipinski definition) is 5. The number of ether oxygens (including phenoxy) is 1. The van der Waals surface area contributed by atoms with Gasteiger partial charge < -0.3 is 20.5 Å². The van der Waals surface area contributed by atoms with Crippen LogP contribution in [0.2, 0.25) is 0 Å². The van der Waals surface area contributed by atoms with Crippen LogP contribution in [-0.2, 0) is 9.53 Å². The molecule has 3 rings (SSSR count). The van der Waals surface area contributed by atoms with Crippen molar-refractivity contribution in [2.24, 2.45) is 0 Å². The Kier molecular flexibility index (Phi) is 5.63. The Labute approximate surface area is 156 Å². The van der Waals surface area contributed by atoms with Crippen molar-refractivity contribution in [2.45, 2.75) is 31.5 Å². The first-order valence-electron chi connectivity index (χ1n) is 8.85. The molecule has 0 saturated carbocycles. The highest BCUT2D eigenvalue weighted by atomic mass is 19.1. The summed E-state index contributed by atoms with van der Waals surface area (Å²) in [6, 6.07) is 4.29. The lowest BCUT2D eigenvalue weighted by Crippen LogP contribution is -2.40. The smallest absolute Gasteiger partial charge is 0.414 e. The monoisotopic (exact) mass is 375 g/mol. The van der Waals surface area contributed by atoms with Crippen LogP contribution in [0.4, 0.5) is 14.9 Å². The second-order valence-corrected chi connectivity index (χ2v) is 6.75. The SMILES string of the molecule is CC(=O)NCC1CN(c2ccc(C#CC3(O)CCNCC3)c(F)c2)C(=O)O1. The topological polar surface area (TPSA) is 90.9 Å². The number of nitrogens with zero attached hydrogens (tertiary/aromatic N) is 1. The van der Waals surface area contributed by atoms with Crippen molar-refractivity contribution < 1.29 is 23.8 Å². The van der Waals surface area contributed by atoms with Gasteiger partial charge in [0, 0.05) is 6.92 Å². The average molecular weight is 375 g/mol. The summed E-state index contributed by atoms with van der Waals surface area (Å²) in [7, 11) is 0. The number of nitrogens with one attached hydrogen (secondary N) is 2. The standard InChI is InChI=1S/C19H22FN3O4/c1-13(24)22-11-16-12-23(18(25)27-16)15-3-2-14(17(20)10-15)4-5-19(26)6-8-21-9-7-19/h2-3,10,16,21,26H,6-9,11-12H2,1H3,(H,22,24). The van der Waals surface area contributed by atoms with Gasteiger partial charge in [-0.15, -0.1) is 0 Å². The predicted molar refractivity (Wildman–Crippen MR) is 96.6 cm³/mol. The maximum Gasteiger partial charge on any atom is 0.414 e. The first-order valence-corrected chi connectivity index (χ1v) is 8.85. The van der Waals surface area contributed by atoms with Gasteiger partial charge in [-0.1, -0.05) is 11.8 Å². The first kappa shape index (κ1) is 19.1. The molecule has 144 valence electrons. The van der Waals surface area contributed by atoms with E-state index < -0.39 is 23.6 Å². The van der Waals surface area contributed by atoms with Gasteiger partial charge >= 0.3 is 6.09 Å². The number of aliphatic hydroxyl groups is 1. The number of piperidine rings is 1. The van der Waals surface area contributed by atoms with E-state index >= 15 is 0 Å². The van der Waals surface area contributed by atoms with Gasteiger partial charge in [-0.25, -0.2) is 9.18 Å². The van der Waals surface area contributed by atoms with E-state index in [0.29, 0.717) is 31.6 Å². The van der Waals surface area contributed by atoms with E-state index in [4.69, 9.17) is 4.74 Å². The third-order valence-electron chi connectivity index (χ3n) is 4.58. The lowest BCUT2D eigenvalue weighted by atomic mass is 9.93. The van der Waals surface area contributed by atoms with Crippen LogP contribution < -0.4 is 15.5 Å². The normalized spacial score (nSPS) is 21.2. The van der Waals surface area contributed by atoms with E-state index in [2.05, 4.69) is 22.5 Å². The van der Waals surface area contributed by atoms with Crippen molar-refractivity contribution in [2.75, 3.05) is 31.1 Å². The van der Waals surface area contributed by atoms with Gasteiger partial charge in [0.25, 0.3) is 0 Å². The van der Waals surface area contributed by atoms with Crippen molar-refractivity contribution in [3.05, 3.63) is 29.6 Å². The quantitative estimate of drug-likeness (QED) is 0.679. The third-order valence-corrected chi connectivity index (χ3v) is 4.58. The molecule has 1 aromatic rings. The molecule has 7 nitrogen and oxygen atoms in total. The molecule has 1 atom stereocenters. The van der Waals surface area contributed by atoms with Gasteiger partial charge in [0.05, 0.1) is 24.3 Å². The average Bonchev–Trinajstić information content (AvgIpc) is 3.00. The van der Waals surface area contributed by atoms with E-state index in [-0.39, 0.29) is 24.6 Å². The largest absolute Gasteiger partial charge is 0.442 e. The van der Waals surface area contributed by atoms with Crippen molar-refractivity contribution in [1.82, 2.24) is 10.6 Å². The maximum atomic E-state index is 14.4. The minimum absolute atomic E-state index is 0.160. The molecule has 2 fully saturated rings. The van der Waals surface area contributed by atoms with Crippen molar-refractivity contribution >= 4 is 17.7 Å². The number of cyclic esters (lactones) is 1. The fourth-order valence-corrected chi connectivity index (χ4v) is 3.02. The third kappa shape index (κ3) is 4.76. The lowest BCUT2D eigenvalue weighted by molar-refractivity contribution is -0.119. The van der Waals surface area contributed by atoms with Crippen LogP contribution in [0.15, 0.2) is 18.2 Å². The molecule has 3 N–H and O–H groups in total. The van der Waals surface area contributed by atoms with Crippen LogP contribution in [-0.4, -0.2) is 55.0 Å². The Morgan fingerprint density at radius 3 is 2.89 bits per heavy atom. The van der Waals surface area contributed by atoms with E-state index in [9.17, 15) is 19.1 Å². The molecule has 2 saturated heterocycles. The number of carbonyl (C=O) groups is 2. The molecule has 0 spiro atoms. The van der Waals surface area contributed by atoms with Gasteiger partial charge in [-0.2, -0.15) is 0 Å². The summed E-state index contributed by atoms with van der Waals surface area (Å²) in [5.74, 6) is 4.69. The summed E-state index contributed by atoms with van der Waals surface area (Å²) >= 11 is 0. The van der Waals surface area contributed by atoms with Crippen LogP contribution in [0, 0.1) is 17.7 Å². The Balaban J connectivity index is 1.70. The molecular weight excluding hydrogens is 353 g/mol. The summed E-state index contributed by atoms with van der Waals surface area (Å²) in [6.45, 7) is 3.14. The van der Waals surface area contributed by atoms with Crippen molar-refractivity contribution in [3.63, 3.8) is 0 Å². The predicted octanol–water partition coefficient (Wildman–Crippen LogP) is 0.753. The summed E-state index contributed by atoms with van der Waals surface area (Å²) in [5.41, 5.74) is -0.589. The molecule has 0 radical (unpaired) electrons. The highest BCUT2D eigenvalue weighted by Gasteiger charge is 2.32. The number of hydrogen-bond donors (Lipinski definition) is 3. The molecule has 1 aromatic carbocycles. The second-order valence-electron chi connectivity index (χ2n) is 6.75. The van der Waals surface area contributed by atoms with E-state index in [1.165, 1.54) is 24.0 Å². The fraction of sp³-hybridized carbons (Fsp3) is 0.474. The number of anilines is 1. The van der Waals surface area contributed by atoms with Gasteiger partial charge in [-0.05, 0) is 44.1 Å². The molecule has 0 aromatic heterocycles. The number of halogens is 1. The van der Waals surface area contributed by atoms with Gasteiger partial charge in [-0.3, -0.25) is 9.69 Å². The van der Waals surface area contributed by atoms with E-state index in [1.54, 1.807) is 6.07 Å². The summed E-state index contributed by atoms with van der Waals surface area (Å²) in [5, 5.41) is 16.1. The summed E-state index contributed by atoms with van der Waals surface area (Å²) in [6.07, 6.45) is -0.0880. The minimum Gasteiger partial charge on any atom is -0.442 e. The molecule has 2 heterocycles. The highest BCUT2D eigenvalue weighted by Crippen LogP contribution is 2.24. The Morgan fingerprint density at radius 2 is 2.22 bits per heavy atom. The number of amides is 2. The summed E-state index contributed by atoms with van der Waals surface area (Å²) < 4.78 is 19.6. The van der Waals surface area contributed by atoms with E-state index in [0.717, 1.165) is 0 Å². The molecule has 2 aliphatic heterocycles. The Hall–Kier alpha value is -2.63. The fourth-order valence-electron chi connectivity index (χ4n) is 3.02.